The number of Topliss-reactive ketones (excluding diaryl/α,β-unsaturated/α-hetero) is 3. The van der Waals surface area contributed by atoms with Gasteiger partial charge in [0.2, 0.25) is 5.79 Å². The van der Waals surface area contributed by atoms with Gasteiger partial charge in [0, 0.05) is 57.3 Å². The molecule has 1 saturated carbocycles. The molecule has 0 aromatic rings. The van der Waals surface area contributed by atoms with Crippen LogP contribution < -0.4 is 9.44 Å². The lowest BCUT2D eigenvalue weighted by Gasteiger charge is -2.50. The van der Waals surface area contributed by atoms with Crippen LogP contribution in [0.2, 0.25) is 0 Å². The van der Waals surface area contributed by atoms with Crippen LogP contribution in [0.25, 0.3) is 0 Å². The van der Waals surface area contributed by atoms with E-state index < -0.39 is 130 Å². The molecule has 4 bridgehead atoms. The van der Waals surface area contributed by atoms with E-state index in [1.807, 2.05) is 48.9 Å². The number of carbonyl (C=O) groups is 6. The van der Waals surface area contributed by atoms with E-state index in [0.717, 1.165) is 5.57 Å². The molecular weight excluding hydrogens is 1030 g/mol. The topological polar surface area (TPSA) is 300 Å². The summed E-state index contributed by atoms with van der Waals surface area (Å²) in [5.41, 5.74) is 1.36. The Morgan fingerprint density at radius 2 is 1.65 bits per heavy atom. The maximum Gasteiger partial charge on any atom is 0.422 e. The number of allylic oxidation sites excluding steroid dienone is 7. The smallest absolute Gasteiger partial charge is 0.422 e. The zero-order valence-electron chi connectivity index (χ0n) is 46.5. The number of carbonyl (C=O) groups excluding carboxylic acids is 6. The van der Waals surface area contributed by atoms with Crippen molar-refractivity contribution in [1.82, 2.24) is 14.3 Å². The summed E-state index contributed by atoms with van der Waals surface area (Å²) < 4.78 is 64.6. The number of piperidine rings is 1. The highest BCUT2D eigenvalue weighted by Crippen LogP contribution is 2.45. The van der Waals surface area contributed by atoms with Crippen molar-refractivity contribution < 1.29 is 86.0 Å². The Labute approximate surface area is 459 Å². The molecule has 4 saturated heterocycles. The number of esters is 1. The van der Waals surface area contributed by atoms with E-state index >= 15 is 0 Å². The Balaban J connectivity index is 1.25. The number of rotatable bonds is 9. The summed E-state index contributed by atoms with van der Waals surface area (Å²) in [5.74, 6) is -9.51. The minimum Gasteiger partial charge on any atom is -0.460 e. The van der Waals surface area contributed by atoms with Gasteiger partial charge in [0.15, 0.2) is 5.78 Å². The molecule has 438 valence electrons. The lowest BCUT2D eigenvalue weighted by atomic mass is 9.68. The zero-order chi connectivity index (χ0) is 57.2. The van der Waals surface area contributed by atoms with Gasteiger partial charge >= 0.3 is 22.3 Å². The minimum atomic E-state index is -4.54. The Bertz CT molecular complexity index is 2380. The number of fused-ring (bicyclic) bond motifs is 4. The highest BCUT2D eigenvalue weighted by molar-refractivity contribution is 7.88. The van der Waals surface area contributed by atoms with Gasteiger partial charge in [0.05, 0.1) is 43.7 Å². The standard InChI is InChI=1S/C56H85N3O18S/c1-31-13-10-9-11-14-32(2)23-34(4)49(63)51(73-8)50(64)35(5)24-33(3)43(61)28-46-41(40-15-12-22-59(48(40)54(67)75-46)53(66)52(65)56(69)36(6)17-20-38(77-56)19-16-31)25-37-18-21-45(47(26-37)72-7)76-55(68)58-78(70,71)57-42-30-74-39(29-60)27-44(42)62/h9-11,13-14,24,32-34,36-42,44-48,50-51,57,60,62,64,69H,12,15-23,25-30H2,1-8H3,(H,58,68)/b10-9+,14-11+,31-13+,35-24+/t32-,33-,34?,36?,37?,38-,39?,40-,41?,42+,44?,45-,46+,47?,48?,50?,51+,56?/m1/s1. The number of hydrogen-bond donors (Lipinski definition) is 6. The first-order valence-corrected chi connectivity index (χ1v) is 29.2. The first kappa shape index (κ1) is 63.0. The summed E-state index contributed by atoms with van der Waals surface area (Å²) in [5, 5.41) is 43.3. The van der Waals surface area contributed by atoms with E-state index in [0.29, 0.717) is 69.8 Å². The number of aliphatic hydroxyl groups is 4. The van der Waals surface area contributed by atoms with Crippen LogP contribution in [-0.4, -0.2) is 170 Å². The van der Waals surface area contributed by atoms with Crippen LogP contribution in [0.1, 0.15) is 125 Å². The second kappa shape index (κ2) is 28.0. The van der Waals surface area contributed by atoms with Gasteiger partial charge in [-0.25, -0.2) is 14.3 Å². The quantitative estimate of drug-likeness (QED) is 0.109. The van der Waals surface area contributed by atoms with Gasteiger partial charge in [-0.1, -0.05) is 69.7 Å². The van der Waals surface area contributed by atoms with E-state index in [9.17, 15) is 57.6 Å². The highest BCUT2D eigenvalue weighted by Gasteiger charge is 2.57. The number of ketones is 3. The van der Waals surface area contributed by atoms with Gasteiger partial charge in [-0.2, -0.15) is 13.1 Å². The Kier molecular flexibility index (Phi) is 22.6. The van der Waals surface area contributed by atoms with Gasteiger partial charge in [-0.3, -0.25) is 19.2 Å². The van der Waals surface area contributed by atoms with Crippen molar-refractivity contribution in [1.29, 1.82) is 0 Å². The molecule has 78 heavy (non-hydrogen) atoms. The van der Waals surface area contributed by atoms with Crippen LogP contribution in [0.5, 0.6) is 0 Å². The maximum atomic E-state index is 14.6. The van der Waals surface area contributed by atoms with E-state index in [1.165, 1.54) is 19.1 Å². The van der Waals surface area contributed by atoms with Crippen molar-refractivity contribution in [2.45, 2.75) is 192 Å². The van der Waals surface area contributed by atoms with Crippen LogP contribution >= 0.6 is 0 Å². The maximum absolute atomic E-state index is 14.6. The molecule has 5 aliphatic heterocycles. The summed E-state index contributed by atoms with van der Waals surface area (Å²) in [6.45, 7) is 10.1. The number of aliphatic hydroxyl groups excluding tert-OH is 3. The van der Waals surface area contributed by atoms with E-state index in [2.05, 4.69) is 4.72 Å². The first-order chi connectivity index (χ1) is 36.9. The molecule has 0 radical (unpaired) electrons. The van der Waals surface area contributed by atoms with Crippen molar-refractivity contribution in [3.05, 3.63) is 47.6 Å². The number of ether oxygens (including phenoxy) is 6. The summed E-state index contributed by atoms with van der Waals surface area (Å²) in [4.78, 5) is 85.8. The molecule has 22 heteroatoms. The molecule has 2 amide bonds. The second-order valence-electron chi connectivity index (χ2n) is 22.8. The van der Waals surface area contributed by atoms with Crippen LogP contribution in [0.4, 0.5) is 4.79 Å². The van der Waals surface area contributed by atoms with Gasteiger partial charge in [0.1, 0.15) is 36.2 Å². The fourth-order valence-corrected chi connectivity index (χ4v) is 13.3. The summed E-state index contributed by atoms with van der Waals surface area (Å²) in [6.07, 6.45) is 6.64. The largest absolute Gasteiger partial charge is 0.460 e. The molecule has 6 rings (SSSR count). The molecule has 10 unspecified atom stereocenters. The molecule has 6 aliphatic rings. The van der Waals surface area contributed by atoms with Crippen LogP contribution in [-0.2, 0) is 62.6 Å². The molecule has 0 aromatic carbocycles. The van der Waals surface area contributed by atoms with Gasteiger partial charge in [0.25, 0.3) is 11.7 Å². The monoisotopic (exact) mass is 1120 g/mol. The third kappa shape index (κ3) is 15.8. The number of methoxy groups -OCH3 is 2. The normalized spacial score (nSPS) is 40.7. The Morgan fingerprint density at radius 3 is 2.35 bits per heavy atom. The van der Waals surface area contributed by atoms with Crippen molar-refractivity contribution >= 4 is 45.5 Å². The predicted octanol–water partition coefficient (Wildman–Crippen LogP) is 3.85. The third-order valence-electron chi connectivity index (χ3n) is 17.0. The minimum absolute atomic E-state index is 0.00538. The zero-order valence-corrected chi connectivity index (χ0v) is 47.3. The summed E-state index contributed by atoms with van der Waals surface area (Å²) >= 11 is 0. The SMILES string of the molecule is COC1CC(CC2[C@H]3CCCN4C(=O)C(=O)C5(O)O[C@H](CC/C(C)=C/C=C/C=C/[C@@H](C)CC(C)C(=O)[C@H](OC)C(O)/C(C)=C/[C@@H](C)C(=O)C[C@@H]2OC(=O)C34)CCC5C)CC[C@H]1OC(=O)NS(=O)(=O)N[C@H]1COC(CO)CC1O. The average molecular weight is 1120 g/mol. The highest BCUT2D eigenvalue weighted by atomic mass is 32.2. The molecule has 0 aromatic heterocycles. The van der Waals surface area contributed by atoms with Crippen LogP contribution in [0.15, 0.2) is 47.6 Å². The number of nitrogens with zero attached hydrogens (tertiary/aromatic N) is 1. The second-order valence-corrected chi connectivity index (χ2v) is 24.3. The van der Waals surface area contributed by atoms with Crippen molar-refractivity contribution in [2.75, 3.05) is 34.0 Å². The van der Waals surface area contributed by atoms with Crippen molar-refractivity contribution in [2.24, 2.45) is 41.4 Å². The van der Waals surface area contributed by atoms with Crippen molar-refractivity contribution in [3.8, 4) is 0 Å². The fraction of sp³-hybridized carbons (Fsp3) is 0.750. The van der Waals surface area contributed by atoms with Crippen LogP contribution in [0, 0.1) is 41.4 Å². The molecule has 5 fully saturated rings. The van der Waals surface area contributed by atoms with E-state index in [4.69, 9.17) is 28.4 Å². The number of amides is 2. The summed E-state index contributed by atoms with van der Waals surface area (Å²) in [7, 11) is -1.77. The third-order valence-corrected chi connectivity index (χ3v) is 18.0. The molecule has 0 spiro atoms. The summed E-state index contributed by atoms with van der Waals surface area (Å²) in [6, 6.07) is -2.34. The van der Waals surface area contributed by atoms with Crippen molar-refractivity contribution in [3.63, 3.8) is 0 Å². The van der Waals surface area contributed by atoms with Gasteiger partial charge in [-0.05, 0) is 108 Å². The lowest BCUT2D eigenvalue weighted by Crippen LogP contribution is -2.65. The van der Waals surface area contributed by atoms with E-state index in [1.54, 1.807) is 33.8 Å². The van der Waals surface area contributed by atoms with E-state index in [-0.39, 0.29) is 62.4 Å². The molecule has 18 atom stereocenters. The van der Waals surface area contributed by atoms with Gasteiger partial charge in [-0.15, -0.1) is 0 Å². The Morgan fingerprint density at radius 1 is 0.910 bits per heavy atom. The molecule has 5 heterocycles. The predicted molar refractivity (Wildman–Crippen MR) is 283 cm³/mol. The average Bonchev–Trinajstić information content (AvgIpc) is 3.43. The lowest BCUT2D eigenvalue weighted by molar-refractivity contribution is -0.263. The number of nitrogens with one attached hydrogen (secondary N) is 2. The first-order valence-electron chi connectivity index (χ1n) is 27.8. The Hall–Kier alpha value is -4.23. The molecule has 1 aliphatic carbocycles. The van der Waals surface area contributed by atoms with Gasteiger partial charge < -0.3 is 53.7 Å². The number of hydrogen-bond acceptors (Lipinski definition) is 18. The molecule has 21 nitrogen and oxygen atoms in total. The van der Waals surface area contributed by atoms with Crippen LogP contribution in [0.3, 0.4) is 0 Å². The molecule has 6 N–H and O–H groups in total. The molecular formula is C56H85N3O18S. The fourth-order valence-electron chi connectivity index (χ4n) is 12.3.